The Morgan fingerprint density at radius 3 is 2.61 bits per heavy atom. The van der Waals surface area contributed by atoms with E-state index >= 15 is 0 Å². The molecule has 1 aromatic carbocycles. The molecule has 1 heterocycles. The molecule has 1 aromatic heterocycles. The molecule has 2 rings (SSSR count). The molecule has 0 radical (unpaired) electrons. The van der Waals surface area contributed by atoms with Gasteiger partial charge < -0.3 is 10.4 Å². The van der Waals surface area contributed by atoms with Crippen LogP contribution < -0.4 is 5.32 Å². The molecule has 5 heteroatoms. The zero-order valence-corrected chi connectivity index (χ0v) is 14.7. The summed E-state index contributed by atoms with van der Waals surface area (Å²) in [6.45, 7) is 6.28. The first-order chi connectivity index (χ1) is 10.9. The van der Waals surface area contributed by atoms with Gasteiger partial charge in [-0.15, -0.1) is 11.3 Å². The molecule has 1 atom stereocenters. The molecule has 1 amide bonds. The number of amides is 1. The number of hydrogen-bond acceptors (Lipinski definition) is 4. The maximum Gasteiger partial charge on any atom is 0.263 e. The number of aliphatic hydroxyl groups excluding tert-OH is 1. The third-order valence-corrected chi connectivity index (χ3v) is 4.47. The van der Waals surface area contributed by atoms with Crippen LogP contribution in [0.4, 0.5) is 0 Å². The molecule has 0 fully saturated rings. The molecule has 124 valence electrons. The molecular formula is C18H24N2O2S. The second-order valence-corrected chi connectivity index (χ2v) is 7.44. The highest BCUT2D eigenvalue weighted by molar-refractivity contribution is 7.11. The molecule has 0 bridgehead atoms. The van der Waals surface area contributed by atoms with Crippen molar-refractivity contribution in [3.8, 4) is 0 Å². The summed E-state index contributed by atoms with van der Waals surface area (Å²) in [4.78, 5) is 17.8. The molecule has 0 aliphatic heterocycles. The zero-order chi connectivity index (χ0) is 16.9. The third kappa shape index (κ3) is 4.62. The predicted octanol–water partition coefficient (Wildman–Crippen LogP) is 3.68. The number of nitrogens with zero attached hydrogens (tertiary/aromatic N) is 1. The summed E-state index contributed by atoms with van der Waals surface area (Å²) in [5.41, 5.74) is 3.44. The molecule has 0 saturated carbocycles. The van der Waals surface area contributed by atoms with E-state index in [0.29, 0.717) is 17.7 Å². The first kappa shape index (κ1) is 17.6. The minimum Gasteiger partial charge on any atom is -0.396 e. The van der Waals surface area contributed by atoms with Gasteiger partial charge in [0, 0.05) is 12.0 Å². The number of aliphatic hydroxyl groups is 1. The van der Waals surface area contributed by atoms with Crippen LogP contribution in [0.1, 0.15) is 60.6 Å². The summed E-state index contributed by atoms with van der Waals surface area (Å²) >= 11 is 1.37. The molecule has 0 aliphatic carbocycles. The zero-order valence-electron chi connectivity index (χ0n) is 13.9. The van der Waals surface area contributed by atoms with Crippen LogP contribution in [0.5, 0.6) is 0 Å². The van der Waals surface area contributed by atoms with Crippen molar-refractivity contribution in [3.05, 3.63) is 52.0 Å². The van der Waals surface area contributed by atoms with Crippen molar-refractivity contribution >= 4 is 17.2 Å². The fourth-order valence-electron chi connectivity index (χ4n) is 2.47. The van der Waals surface area contributed by atoms with Crippen LogP contribution in [0.15, 0.2) is 35.8 Å². The van der Waals surface area contributed by atoms with Gasteiger partial charge in [-0.2, -0.15) is 0 Å². The fraction of sp³-hybridized carbons (Fsp3) is 0.444. The van der Waals surface area contributed by atoms with Gasteiger partial charge in [0.25, 0.3) is 5.91 Å². The first-order valence-corrected chi connectivity index (χ1v) is 8.72. The van der Waals surface area contributed by atoms with Crippen molar-refractivity contribution < 1.29 is 9.90 Å². The lowest BCUT2D eigenvalue weighted by Crippen LogP contribution is -2.30. The number of benzene rings is 1. The number of carbonyl (C=O) groups excluding carboxylic acids is 1. The SMILES string of the molecule is CC(C)(C)c1ncsc1C(=O)NC(CCCO)c1ccccc1. The molecular weight excluding hydrogens is 308 g/mol. The van der Waals surface area contributed by atoms with E-state index in [1.165, 1.54) is 11.3 Å². The fourth-order valence-corrected chi connectivity index (χ4v) is 3.37. The van der Waals surface area contributed by atoms with Gasteiger partial charge in [-0.1, -0.05) is 51.1 Å². The Balaban J connectivity index is 2.20. The molecule has 4 nitrogen and oxygen atoms in total. The second-order valence-electron chi connectivity index (χ2n) is 6.58. The minimum atomic E-state index is -0.167. The van der Waals surface area contributed by atoms with Crippen LogP contribution >= 0.6 is 11.3 Å². The lowest BCUT2D eigenvalue weighted by atomic mass is 9.91. The number of thiazole rings is 1. The lowest BCUT2D eigenvalue weighted by Gasteiger charge is -2.21. The van der Waals surface area contributed by atoms with E-state index in [4.69, 9.17) is 5.11 Å². The number of carbonyl (C=O) groups is 1. The van der Waals surface area contributed by atoms with Crippen LogP contribution in [0, 0.1) is 0 Å². The largest absolute Gasteiger partial charge is 0.396 e. The van der Waals surface area contributed by atoms with Gasteiger partial charge in [-0.3, -0.25) is 4.79 Å². The number of rotatable bonds is 6. The molecule has 0 saturated heterocycles. The highest BCUT2D eigenvalue weighted by Gasteiger charge is 2.26. The van der Waals surface area contributed by atoms with E-state index in [1.807, 2.05) is 30.3 Å². The number of hydrogen-bond donors (Lipinski definition) is 2. The van der Waals surface area contributed by atoms with Crippen molar-refractivity contribution in [2.75, 3.05) is 6.61 Å². The summed E-state index contributed by atoms with van der Waals surface area (Å²) < 4.78 is 0. The van der Waals surface area contributed by atoms with Gasteiger partial charge in [0.2, 0.25) is 0 Å². The van der Waals surface area contributed by atoms with Gasteiger partial charge in [0.1, 0.15) is 4.88 Å². The summed E-state index contributed by atoms with van der Waals surface area (Å²) in [5.74, 6) is -0.0933. The number of aromatic nitrogens is 1. The van der Waals surface area contributed by atoms with Crippen LogP contribution in [0.3, 0.4) is 0 Å². The summed E-state index contributed by atoms with van der Waals surface area (Å²) in [5, 5.41) is 12.2. The average Bonchev–Trinajstić information content (AvgIpc) is 3.02. The van der Waals surface area contributed by atoms with E-state index < -0.39 is 0 Å². The van der Waals surface area contributed by atoms with E-state index in [-0.39, 0.29) is 24.0 Å². The third-order valence-electron chi connectivity index (χ3n) is 3.64. The van der Waals surface area contributed by atoms with Crippen molar-refractivity contribution in [1.29, 1.82) is 0 Å². The summed E-state index contributed by atoms with van der Waals surface area (Å²) in [6, 6.07) is 9.77. The average molecular weight is 332 g/mol. The maximum absolute atomic E-state index is 12.7. The topological polar surface area (TPSA) is 62.2 Å². The van der Waals surface area contributed by atoms with Gasteiger partial charge in [0.05, 0.1) is 17.2 Å². The Labute approximate surface area is 141 Å². The van der Waals surface area contributed by atoms with Crippen LogP contribution in [0.2, 0.25) is 0 Å². The lowest BCUT2D eigenvalue weighted by molar-refractivity contribution is 0.0934. The van der Waals surface area contributed by atoms with Gasteiger partial charge in [-0.05, 0) is 18.4 Å². The monoisotopic (exact) mass is 332 g/mol. The molecule has 1 unspecified atom stereocenters. The van der Waals surface area contributed by atoms with Crippen molar-refractivity contribution in [1.82, 2.24) is 10.3 Å². The molecule has 2 aromatic rings. The van der Waals surface area contributed by atoms with Crippen molar-refractivity contribution in [3.63, 3.8) is 0 Å². The van der Waals surface area contributed by atoms with E-state index in [0.717, 1.165) is 11.3 Å². The standard InChI is InChI=1S/C18H24N2O2S/c1-18(2,3)16-15(23-12-19-16)17(22)20-14(10-7-11-21)13-8-5-4-6-9-13/h4-6,8-9,12,14,21H,7,10-11H2,1-3H3,(H,20,22). The maximum atomic E-state index is 12.7. The Morgan fingerprint density at radius 2 is 2.00 bits per heavy atom. The Kier molecular flexibility index (Phi) is 5.91. The predicted molar refractivity (Wildman–Crippen MR) is 93.8 cm³/mol. The molecule has 2 N–H and O–H groups in total. The summed E-state index contributed by atoms with van der Waals surface area (Å²) in [7, 11) is 0. The molecule has 0 aliphatic rings. The van der Waals surface area contributed by atoms with Crippen molar-refractivity contribution in [2.24, 2.45) is 0 Å². The Bertz CT molecular complexity index is 632. The second kappa shape index (κ2) is 7.70. The van der Waals surface area contributed by atoms with Gasteiger partial charge >= 0.3 is 0 Å². The number of nitrogens with one attached hydrogen (secondary N) is 1. The van der Waals surface area contributed by atoms with Crippen molar-refractivity contribution in [2.45, 2.75) is 45.1 Å². The highest BCUT2D eigenvalue weighted by atomic mass is 32.1. The quantitative estimate of drug-likeness (QED) is 0.848. The molecule has 23 heavy (non-hydrogen) atoms. The Morgan fingerprint density at radius 1 is 1.30 bits per heavy atom. The smallest absolute Gasteiger partial charge is 0.263 e. The van der Waals surface area contributed by atoms with Gasteiger partial charge in [-0.25, -0.2) is 4.98 Å². The Hall–Kier alpha value is -1.72. The van der Waals surface area contributed by atoms with Crippen LogP contribution in [-0.4, -0.2) is 22.6 Å². The normalized spacial score (nSPS) is 12.9. The summed E-state index contributed by atoms with van der Waals surface area (Å²) in [6.07, 6.45) is 1.35. The van der Waals surface area contributed by atoms with Gasteiger partial charge in [0.15, 0.2) is 0 Å². The van der Waals surface area contributed by atoms with Crippen LogP contribution in [-0.2, 0) is 5.41 Å². The van der Waals surface area contributed by atoms with Crippen LogP contribution in [0.25, 0.3) is 0 Å². The van der Waals surface area contributed by atoms with E-state index in [1.54, 1.807) is 5.51 Å². The highest BCUT2D eigenvalue weighted by Crippen LogP contribution is 2.28. The first-order valence-electron chi connectivity index (χ1n) is 7.84. The van der Waals surface area contributed by atoms with E-state index in [2.05, 4.69) is 31.1 Å². The minimum absolute atomic E-state index is 0.0933. The van der Waals surface area contributed by atoms with E-state index in [9.17, 15) is 4.79 Å². The molecule has 0 spiro atoms.